The Morgan fingerprint density at radius 1 is 1.04 bits per heavy atom. The molecule has 8 atom stereocenters. The third kappa shape index (κ3) is 14.3. The minimum Gasteiger partial charge on any atom is -0.479 e. The third-order valence-corrected chi connectivity index (χ3v) is 11.7. The Bertz CT molecular complexity index is 1930. The number of carboxylic acid groups (broad SMARTS) is 1. The normalized spacial score (nSPS) is 22.6. The van der Waals surface area contributed by atoms with E-state index in [0.29, 0.717) is 11.8 Å². The lowest BCUT2D eigenvalue weighted by molar-refractivity contribution is -0.158. The lowest BCUT2D eigenvalue weighted by atomic mass is 9.87. The Kier molecular flexibility index (Phi) is 16.4. The van der Waals surface area contributed by atoms with Crippen molar-refractivity contribution in [2.45, 2.75) is 69.9 Å². The van der Waals surface area contributed by atoms with E-state index in [2.05, 4.69) is 34.4 Å². The van der Waals surface area contributed by atoms with Crippen molar-refractivity contribution in [2.24, 2.45) is 5.41 Å². The zero-order chi connectivity index (χ0) is 43.1. The Hall–Kier alpha value is -3.01. The van der Waals surface area contributed by atoms with E-state index >= 15 is 0 Å². The van der Waals surface area contributed by atoms with E-state index in [0.717, 1.165) is 24.1 Å². The number of carboxylic acids is 1. The first-order chi connectivity index (χ1) is 26.1. The summed E-state index contributed by atoms with van der Waals surface area (Å²) in [6.07, 6.45) is -7.85. The van der Waals surface area contributed by atoms with E-state index in [-0.39, 0.29) is 42.2 Å². The second kappa shape index (κ2) is 19.4. The predicted octanol–water partition coefficient (Wildman–Crippen LogP) is -2.11. The molecule has 3 rings (SSSR count). The molecule has 31 heteroatoms. The van der Waals surface area contributed by atoms with E-state index in [4.69, 9.17) is 24.6 Å². The highest BCUT2D eigenvalue weighted by atomic mass is 32.2. The van der Waals surface area contributed by atoms with Crippen LogP contribution in [0.4, 0.5) is 5.82 Å². The second-order valence-electron chi connectivity index (χ2n) is 13.0. The summed E-state index contributed by atoms with van der Waals surface area (Å²) in [6, 6.07) is 0. The smallest absolute Gasteiger partial charge is 0.479 e. The molecule has 0 radical (unpaired) electrons. The van der Waals surface area contributed by atoms with Gasteiger partial charge in [0.2, 0.25) is 11.8 Å². The van der Waals surface area contributed by atoms with E-state index in [1.54, 1.807) is 0 Å². The van der Waals surface area contributed by atoms with Gasteiger partial charge in [0, 0.05) is 30.7 Å². The zero-order valence-electron chi connectivity index (χ0n) is 30.1. The number of imidazole rings is 1. The van der Waals surface area contributed by atoms with Gasteiger partial charge in [0.1, 0.15) is 36.3 Å². The second-order valence-corrected chi connectivity index (χ2v) is 18.4. The number of thioether (sulfide) groups is 1. The quantitative estimate of drug-likeness (QED) is 0.0445. The molecule has 1 aliphatic rings. The number of phosphoric ester groups is 3. The number of fused-ring (bicyclic) bond motifs is 1. The van der Waals surface area contributed by atoms with E-state index in [1.807, 2.05) is 0 Å². The number of aliphatic hydroxyl groups excluding tert-OH is 2. The van der Waals surface area contributed by atoms with E-state index < -0.39 is 108 Å². The minimum absolute atomic E-state index is 0.0136. The molecule has 2 amide bonds. The van der Waals surface area contributed by atoms with Crippen LogP contribution in [0, 0.1) is 5.41 Å². The summed E-state index contributed by atoms with van der Waals surface area (Å²) in [7, 11) is -16.5. The van der Waals surface area contributed by atoms with Crippen LogP contribution in [0.2, 0.25) is 0 Å². The van der Waals surface area contributed by atoms with Crippen molar-refractivity contribution in [1.29, 1.82) is 0 Å². The SMILES string of the molecule is CC(C)(COP(=O)(O)OP(=O)(O)OC[C@H]1O[C@@H](n2cnc3c(N)ncnc32)[C@H](O)[C@@H]1OP(=O)(O)O)C(O)C(=O)NCCC(=O)NCCSC(=O)C[C@](C)(O)C(=O)O. The van der Waals surface area contributed by atoms with Crippen LogP contribution in [0.15, 0.2) is 12.7 Å². The van der Waals surface area contributed by atoms with Crippen molar-refractivity contribution in [2.75, 3.05) is 37.8 Å². The minimum atomic E-state index is -5.60. The average molecular weight is 898 g/mol. The highest BCUT2D eigenvalue weighted by molar-refractivity contribution is 8.13. The number of aliphatic hydroxyl groups is 3. The molecule has 3 heterocycles. The molecule has 57 heavy (non-hydrogen) atoms. The van der Waals surface area contributed by atoms with E-state index in [9.17, 15) is 67.8 Å². The fourth-order valence-corrected chi connectivity index (χ4v) is 8.35. The van der Waals surface area contributed by atoms with Gasteiger partial charge in [-0.25, -0.2) is 33.4 Å². The number of rotatable bonds is 22. The Balaban J connectivity index is 1.48. The highest BCUT2D eigenvalue weighted by Crippen LogP contribution is 2.61. The summed E-state index contributed by atoms with van der Waals surface area (Å²) >= 11 is 0.691. The van der Waals surface area contributed by atoms with E-state index in [1.165, 1.54) is 13.8 Å². The van der Waals surface area contributed by atoms with Gasteiger partial charge in [-0.15, -0.1) is 0 Å². The first kappa shape index (κ1) is 48.4. The zero-order valence-corrected chi connectivity index (χ0v) is 33.6. The summed E-state index contributed by atoms with van der Waals surface area (Å²) in [6.45, 7) is 0.988. The van der Waals surface area contributed by atoms with Gasteiger partial charge in [0.05, 0.1) is 26.0 Å². The van der Waals surface area contributed by atoms with Gasteiger partial charge in [0.25, 0.3) is 0 Å². The molecule has 1 saturated heterocycles. The molecule has 1 aliphatic heterocycles. The van der Waals surface area contributed by atoms with Crippen LogP contribution in [0.25, 0.3) is 11.2 Å². The predicted molar refractivity (Wildman–Crippen MR) is 190 cm³/mol. The number of aliphatic carboxylic acids is 1. The Morgan fingerprint density at radius 2 is 1.68 bits per heavy atom. The fourth-order valence-electron chi connectivity index (χ4n) is 4.70. The van der Waals surface area contributed by atoms with Crippen LogP contribution in [0.5, 0.6) is 0 Å². The number of anilines is 1. The fraction of sp³-hybridized carbons (Fsp3) is 0.654. The molecule has 27 nitrogen and oxygen atoms in total. The maximum Gasteiger partial charge on any atom is 0.481 e. The number of aromatic nitrogens is 4. The lowest BCUT2D eigenvalue weighted by Gasteiger charge is -2.30. The number of nitrogen functional groups attached to an aromatic ring is 1. The molecule has 3 unspecified atom stereocenters. The number of carbonyl (C=O) groups is 4. The molecule has 0 bridgehead atoms. The molecule has 0 aliphatic carbocycles. The topological polar surface area (TPSA) is 421 Å². The number of nitrogens with zero attached hydrogens (tertiary/aromatic N) is 4. The summed E-state index contributed by atoms with van der Waals surface area (Å²) in [5, 5.41) is 44.0. The van der Waals surface area contributed by atoms with Gasteiger partial charge in [-0.05, 0) is 6.92 Å². The number of ether oxygens (including phenoxy) is 1. The van der Waals surface area contributed by atoms with Crippen molar-refractivity contribution >= 4 is 75.1 Å². The van der Waals surface area contributed by atoms with Crippen LogP contribution in [0.1, 0.15) is 39.8 Å². The molecule has 0 aromatic carbocycles. The summed E-state index contributed by atoms with van der Waals surface area (Å²) in [5.41, 5.74) is 1.93. The van der Waals surface area contributed by atoms with Gasteiger partial charge >= 0.3 is 29.4 Å². The van der Waals surface area contributed by atoms with Crippen LogP contribution < -0.4 is 16.4 Å². The largest absolute Gasteiger partial charge is 0.481 e. The number of nitrogens with one attached hydrogen (secondary N) is 2. The van der Waals surface area contributed by atoms with Crippen LogP contribution in [-0.2, 0) is 55.5 Å². The highest BCUT2D eigenvalue weighted by Gasteiger charge is 2.50. The van der Waals surface area contributed by atoms with Gasteiger partial charge in [-0.1, -0.05) is 25.6 Å². The van der Waals surface area contributed by atoms with Crippen molar-refractivity contribution in [3.05, 3.63) is 12.7 Å². The van der Waals surface area contributed by atoms with Crippen LogP contribution >= 0.6 is 35.2 Å². The van der Waals surface area contributed by atoms with Crippen LogP contribution in [0.3, 0.4) is 0 Å². The van der Waals surface area contributed by atoms with Crippen LogP contribution in [-0.4, -0.2) is 144 Å². The number of amides is 2. The monoisotopic (exact) mass is 897 g/mol. The lowest BCUT2D eigenvalue weighted by Crippen LogP contribution is -2.46. The molecule has 2 aromatic rings. The standard InChI is InChI=1S/C26H42N7O20P3S/c1-25(2,19(37)22(38)29-5-4-14(34)28-6-7-57-15(35)8-26(3,41)24(39)40)10-50-56(47,48)53-55(45,46)49-9-13-18(52-54(42,43)44)17(36)23(51-13)33-12-32-16-20(27)30-11-31-21(16)33/h11-13,17-19,23,36-37,41H,4-10H2,1-3H3,(H,28,34)(H,29,38)(H,39,40)(H,45,46)(H,47,48)(H2,27,30,31)(H2,42,43,44)/t13-,17-,18-,19?,23-,26+/m1/s1. The van der Waals surface area contributed by atoms with Crippen molar-refractivity contribution in [1.82, 2.24) is 30.2 Å². The number of hydrogen-bond acceptors (Lipinski definition) is 20. The Labute approximate surface area is 326 Å². The number of phosphoric acid groups is 3. The number of hydrogen-bond donors (Lipinski definition) is 11. The Morgan fingerprint density at radius 3 is 2.32 bits per heavy atom. The molecule has 1 fully saturated rings. The molecular formula is C26H42N7O20P3S. The molecule has 0 saturated carbocycles. The average Bonchev–Trinajstić information content (AvgIpc) is 3.64. The van der Waals surface area contributed by atoms with Gasteiger partial charge < -0.3 is 61.1 Å². The molecule has 2 aromatic heterocycles. The third-order valence-electron chi connectivity index (χ3n) is 7.71. The van der Waals surface area contributed by atoms with Gasteiger partial charge in [-0.3, -0.25) is 32.5 Å². The number of carbonyl (C=O) groups excluding carboxylic acids is 3. The summed E-state index contributed by atoms with van der Waals surface area (Å²) in [5.74, 6) is -3.18. The first-order valence-corrected chi connectivity index (χ1v) is 21.7. The van der Waals surface area contributed by atoms with Crippen molar-refractivity contribution < 1.29 is 95.5 Å². The first-order valence-electron chi connectivity index (χ1n) is 16.1. The van der Waals surface area contributed by atoms with Crippen molar-refractivity contribution in [3.63, 3.8) is 0 Å². The maximum atomic E-state index is 12.7. The number of nitrogens with two attached hydrogens (primary N) is 1. The molecule has 322 valence electrons. The van der Waals surface area contributed by atoms with Crippen molar-refractivity contribution in [3.8, 4) is 0 Å². The van der Waals surface area contributed by atoms with Gasteiger partial charge in [0.15, 0.2) is 28.4 Å². The molecular weight excluding hydrogens is 855 g/mol. The summed E-state index contributed by atoms with van der Waals surface area (Å²) in [4.78, 5) is 98.1. The van der Waals surface area contributed by atoms with Gasteiger partial charge in [-0.2, -0.15) is 4.31 Å². The molecule has 12 N–H and O–H groups in total. The maximum absolute atomic E-state index is 12.7. The molecule has 0 spiro atoms. The summed E-state index contributed by atoms with van der Waals surface area (Å²) < 4.78 is 61.9.